The molecule has 1 N–H and O–H groups in total. The number of ether oxygens (including phenoxy) is 1. The average molecular weight is 284 g/mol. The third-order valence-electron chi connectivity index (χ3n) is 4.55. The maximum Gasteiger partial charge on any atom is 0.291 e. The topological polar surface area (TPSA) is 77.0 Å². The second-order valence-corrected chi connectivity index (χ2v) is 5.83. The number of benzene rings is 1. The number of nitrogens with zero attached hydrogens (tertiary/aromatic N) is 3. The average Bonchev–Trinajstić information content (AvgIpc) is 3.18. The first-order valence-electron chi connectivity index (χ1n) is 7.25. The van der Waals surface area contributed by atoms with Crippen LogP contribution in [0.25, 0.3) is 11.0 Å². The molecule has 1 aliphatic heterocycles. The lowest BCUT2D eigenvalue weighted by Crippen LogP contribution is -2.33. The van der Waals surface area contributed by atoms with Crippen LogP contribution in [0.1, 0.15) is 29.9 Å². The van der Waals surface area contributed by atoms with E-state index in [2.05, 4.69) is 20.5 Å². The molecule has 1 amide bonds. The molecule has 1 aromatic heterocycles. The Bertz CT molecular complexity index is 697. The Morgan fingerprint density at radius 2 is 1.95 bits per heavy atom. The van der Waals surface area contributed by atoms with E-state index in [1.54, 1.807) is 0 Å². The van der Waals surface area contributed by atoms with Gasteiger partial charge in [-0.1, -0.05) is 12.1 Å². The van der Waals surface area contributed by atoms with Crippen molar-refractivity contribution in [2.45, 2.75) is 25.3 Å². The summed E-state index contributed by atoms with van der Waals surface area (Å²) in [6.07, 6.45) is 3.08. The standard InChI is InChI=1S/C15H16N4O2/c20-14(17-12-9-15(12)5-7-21-8-6-15)13-16-10-3-1-2-4-11(10)18-19-13/h1-4,12H,5-9H2,(H,17,20). The minimum absolute atomic E-state index is 0.141. The van der Waals surface area contributed by atoms with Gasteiger partial charge in [-0.3, -0.25) is 4.79 Å². The monoisotopic (exact) mass is 284 g/mol. The Labute approximate surface area is 121 Å². The van der Waals surface area contributed by atoms with Crippen molar-refractivity contribution in [2.75, 3.05) is 13.2 Å². The number of hydrogen-bond acceptors (Lipinski definition) is 5. The number of aromatic nitrogens is 3. The third kappa shape index (κ3) is 2.25. The van der Waals surface area contributed by atoms with E-state index < -0.39 is 0 Å². The molecule has 1 aromatic carbocycles. The predicted molar refractivity (Wildman–Crippen MR) is 75.7 cm³/mol. The van der Waals surface area contributed by atoms with Crippen LogP contribution in [0.3, 0.4) is 0 Å². The van der Waals surface area contributed by atoms with Gasteiger partial charge in [-0.15, -0.1) is 10.2 Å². The normalized spacial score (nSPS) is 23.1. The summed E-state index contributed by atoms with van der Waals surface area (Å²) in [4.78, 5) is 16.5. The van der Waals surface area contributed by atoms with Crippen LogP contribution in [0.4, 0.5) is 0 Å². The summed E-state index contributed by atoms with van der Waals surface area (Å²) in [7, 11) is 0. The third-order valence-corrected chi connectivity index (χ3v) is 4.55. The van der Waals surface area contributed by atoms with Crippen molar-refractivity contribution in [1.82, 2.24) is 20.5 Å². The van der Waals surface area contributed by atoms with E-state index >= 15 is 0 Å². The summed E-state index contributed by atoms with van der Waals surface area (Å²) >= 11 is 0. The van der Waals surface area contributed by atoms with Crippen molar-refractivity contribution in [3.05, 3.63) is 30.1 Å². The van der Waals surface area contributed by atoms with E-state index in [0.29, 0.717) is 11.0 Å². The fourth-order valence-electron chi connectivity index (χ4n) is 3.08. The molecule has 1 aliphatic carbocycles. The van der Waals surface area contributed by atoms with Gasteiger partial charge in [0.1, 0.15) is 5.52 Å². The molecule has 0 bridgehead atoms. The molecule has 1 saturated heterocycles. The molecule has 1 unspecified atom stereocenters. The molecule has 2 fully saturated rings. The molecule has 2 heterocycles. The smallest absolute Gasteiger partial charge is 0.291 e. The summed E-state index contributed by atoms with van der Waals surface area (Å²) in [5.74, 6) is -0.0931. The van der Waals surface area contributed by atoms with Gasteiger partial charge >= 0.3 is 0 Å². The molecule has 2 aliphatic rings. The van der Waals surface area contributed by atoms with Gasteiger partial charge in [0.25, 0.3) is 5.91 Å². The minimum Gasteiger partial charge on any atom is -0.381 e. The predicted octanol–water partition coefficient (Wildman–Crippen LogP) is 1.32. The Hall–Kier alpha value is -2.08. The van der Waals surface area contributed by atoms with Crippen LogP contribution in [0.15, 0.2) is 24.3 Å². The highest BCUT2D eigenvalue weighted by Crippen LogP contribution is 2.53. The molecule has 4 rings (SSSR count). The van der Waals surface area contributed by atoms with Gasteiger partial charge in [0.2, 0.25) is 5.82 Å². The molecule has 21 heavy (non-hydrogen) atoms. The number of carbonyl (C=O) groups is 1. The van der Waals surface area contributed by atoms with Crippen LogP contribution in [0, 0.1) is 5.41 Å². The van der Waals surface area contributed by atoms with E-state index in [4.69, 9.17) is 4.74 Å². The van der Waals surface area contributed by atoms with Crippen LogP contribution in [-0.4, -0.2) is 40.3 Å². The zero-order chi connectivity index (χ0) is 14.3. The zero-order valence-electron chi connectivity index (χ0n) is 11.6. The highest BCUT2D eigenvalue weighted by Gasteiger charge is 2.55. The van der Waals surface area contributed by atoms with E-state index in [1.807, 2.05) is 24.3 Å². The summed E-state index contributed by atoms with van der Waals surface area (Å²) in [6.45, 7) is 1.58. The van der Waals surface area contributed by atoms with Crippen molar-refractivity contribution in [3.8, 4) is 0 Å². The molecule has 1 spiro atoms. The number of amides is 1. The van der Waals surface area contributed by atoms with Gasteiger partial charge in [0, 0.05) is 19.3 Å². The van der Waals surface area contributed by atoms with Crippen molar-refractivity contribution >= 4 is 16.9 Å². The fraction of sp³-hybridized carbons (Fsp3) is 0.467. The zero-order valence-corrected chi connectivity index (χ0v) is 11.6. The van der Waals surface area contributed by atoms with Gasteiger partial charge < -0.3 is 10.1 Å². The first kappa shape index (κ1) is 12.6. The lowest BCUT2D eigenvalue weighted by molar-refractivity contribution is 0.0534. The molecular formula is C15H16N4O2. The van der Waals surface area contributed by atoms with Gasteiger partial charge in [-0.25, -0.2) is 4.98 Å². The van der Waals surface area contributed by atoms with Crippen LogP contribution in [0.2, 0.25) is 0 Å². The molecule has 6 heteroatoms. The fourth-order valence-corrected chi connectivity index (χ4v) is 3.08. The highest BCUT2D eigenvalue weighted by atomic mass is 16.5. The molecule has 6 nitrogen and oxygen atoms in total. The van der Waals surface area contributed by atoms with Crippen LogP contribution in [0.5, 0.6) is 0 Å². The SMILES string of the molecule is O=C(NC1CC12CCOCC2)c1nnc2ccccc2n1. The van der Waals surface area contributed by atoms with Crippen LogP contribution >= 0.6 is 0 Å². The molecule has 1 saturated carbocycles. The Morgan fingerprint density at radius 3 is 2.76 bits per heavy atom. The number of fused-ring (bicyclic) bond motifs is 1. The van der Waals surface area contributed by atoms with Crippen molar-refractivity contribution in [1.29, 1.82) is 0 Å². The Balaban J connectivity index is 1.49. The number of carbonyl (C=O) groups excluding carboxylic acids is 1. The summed E-state index contributed by atoms with van der Waals surface area (Å²) in [5, 5.41) is 11.0. The number of nitrogens with one attached hydrogen (secondary N) is 1. The molecular weight excluding hydrogens is 268 g/mol. The van der Waals surface area contributed by atoms with Crippen molar-refractivity contribution in [3.63, 3.8) is 0 Å². The van der Waals surface area contributed by atoms with Crippen LogP contribution in [-0.2, 0) is 4.74 Å². The van der Waals surface area contributed by atoms with E-state index in [1.165, 1.54) is 0 Å². The van der Waals surface area contributed by atoms with Gasteiger partial charge in [0.15, 0.2) is 0 Å². The van der Waals surface area contributed by atoms with E-state index in [-0.39, 0.29) is 23.2 Å². The lowest BCUT2D eigenvalue weighted by Gasteiger charge is -2.22. The first-order valence-corrected chi connectivity index (χ1v) is 7.25. The van der Waals surface area contributed by atoms with E-state index in [0.717, 1.165) is 32.5 Å². The second-order valence-electron chi connectivity index (χ2n) is 5.83. The summed E-state index contributed by atoms with van der Waals surface area (Å²) in [6, 6.07) is 7.63. The highest BCUT2D eigenvalue weighted by molar-refractivity contribution is 5.92. The molecule has 1 atom stereocenters. The summed E-state index contributed by atoms with van der Waals surface area (Å²) in [5.41, 5.74) is 1.63. The Morgan fingerprint density at radius 1 is 1.19 bits per heavy atom. The van der Waals surface area contributed by atoms with Gasteiger partial charge in [-0.2, -0.15) is 0 Å². The maximum atomic E-state index is 12.3. The number of hydrogen-bond donors (Lipinski definition) is 1. The van der Waals surface area contributed by atoms with Gasteiger partial charge in [-0.05, 0) is 36.8 Å². The number of rotatable bonds is 2. The minimum atomic E-state index is -0.235. The van der Waals surface area contributed by atoms with E-state index in [9.17, 15) is 4.79 Å². The molecule has 0 radical (unpaired) electrons. The quantitative estimate of drug-likeness (QED) is 0.900. The maximum absolute atomic E-state index is 12.3. The largest absolute Gasteiger partial charge is 0.381 e. The first-order chi connectivity index (χ1) is 10.3. The molecule has 108 valence electrons. The summed E-state index contributed by atoms with van der Waals surface area (Å²) < 4.78 is 5.38. The van der Waals surface area contributed by atoms with Crippen molar-refractivity contribution in [2.24, 2.45) is 5.41 Å². The van der Waals surface area contributed by atoms with Gasteiger partial charge in [0.05, 0.1) is 5.52 Å². The second kappa shape index (κ2) is 4.73. The number of para-hydroxylation sites is 1. The molecule has 2 aromatic rings. The van der Waals surface area contributed by atoms with Crippen LogP contribution < -0.4 is 5.32 Å². The Kier molecular flexibility index (Phi) is 2.85. The lowest BCUT2D eigenvalue weighted by atomic mass is 9.96. The van der Waals surface area contributed by atoms with Crippen molar-refractivity contribution < 1.29 is 9.53 Å².